The van der Waals surface area contributed by atoms with Crippen LogP contribution in [0.15, 0.2) is 12.1 Å². The van der Waals surface area contributed by atoms with Crippen molar-refractivity contribution in [2.45, 2.75) is 6.92 Å². The third-order valence-corrected chi connectivity index (χ3v) is 3.52. The summed E-state index contributed by atoms with van der Waals surface area (Å²) in [5.41, 5.74) is 1.30. The van der Waals surface area contributed by atoms with E-state index in [2.05, 4.69) is 4.98 Å². The van der Waals surface area contributed by atoms with Crippen LogP contribution in [0.1, 0.15) is 16.3 Å². The lowest BCUT2D eigenvalue weighted by atomic mass is 10.3. The minimum Gasteiger partial charge on any atom is -0.329 e. The molecule has 78 valence electrons. The molecule has 0 aliphatic rings. The molecule has 2 heterocycles. The van der Waals surface area contributed by atoms with Crippen LogP contribution in [0.25, 0.3) is 10.6 Å². The van der Waals surface area contributed by atoms with Gasteiger partial charge in [0.05, 0.1) is 9.21 Å². The summed E-state index contributed by atoms with van der Waals surface area (Å²) in [5, 5.41) is 0. The van der Waals surface area contributed by atoms with Gasteiger partial charge in [0, 0.05) is 7.05 Å². The SMILES string of the molecule is Cc1nc(-c2ccc(Cl)s2)c(C=O)n1C. The minimum atomic E-state index is 0.589. The average Bonchev–Trinajstić information content (AvgIpc) is 2.73. The fourth-order valence-electron chi connectivity index (χ4n) is 1.39. The topological polar surface area (TPSA) is 34.9 Å². The summed E-state index contributed by atoms with van der Waals surface area (Å²) in [7, 11) is 1.82. The first kappa shape index (κ1) is 10.4. The Kier molecular flexibility index (Phi) is 2.63. The van der Waals surface area contributed by atoms with Gasteiger partial charge in [-0.25, -0.2) is 4.98 Å². The van der Waals surface area contributed by atoms with Crippen LogP contribution in [0.4, 0.5) is 0 Å². The quantitative estimate of drug-likeness (QED) is 0.757. The molecule has 3 nitrogen and oxygen atoms in total. The summed E-state index contributed by atoms with van der Waals surface area (Å²) in [4.78, 5) is 16.2. The van der Waals surface area contributed by atoms with Crippen molar-refractivity contribution < 1.29 is 4.79 Å². The largest absolute Gasteiger partial charge is 0.329 e. The van der Waals surface area contributed by atoms with Gasteiger partial charge in [0.15, 0.2) is 6.29 Å². The highest BCUT2D eigenvalue weighted by Gasteiger charge is 2.14. The zero-order valence-electron chi connectivity index (χ0n) is 8.32. The van der Waals surface area contributed by atoms with Crippen LogP contribution >= 0.6 is 22.9 Å². The zero-order chi connectivity index (χ0) is 11.0. The molecule has 0 N–H and O–H groups in total. The first-order chi connectivity index (χ1) is 7.13. The molecular formula is C10H9ClN2OS. The van der Waals surface area contributed by atoms with Gasteiger partial charge in [-0.2, -0.15) is 0 Å². The van der Waals surface area contributed by atoms with E-state index in [9.17, 15) is 4.79 Å². The first-order valence-corrected chi connectivity index (χ1v) is 5.57. The molecular weight excluding hydrogens is 232 g/mol. The average molecular weight is 241 g/mol. The van der Waals surface area contributed by atoms with Crippen molar-refractivity contribution in [3.8, 4) is 10.6 Å². The number of hydrogen-bond donors (Lipinski definition) is 0. The van der Waals surface area contributed by atoms with Crippen molar-refractivity contribution in [1.82, 2.24) is 9.55 Å². The number of halogens is 1. The van der Waals surface area contributed by atoms with E-state index in [-0.39, 0.29) is 0 Å². The van der Waals surface area contributed by atoms with Gasteiger partial charge in [-0.3, -0.25) is 4.79 Å². The van der Waals surface area contributed by atoms with Crippen molar-refractivity contribution in [1.29, 1.82) is 0 Å². The second kappa shape index (κ2) is 3.79. The number of carbonyl (C=O) groups excluding carboxylic acids is 1. The first-order valence-electron chi connectivity index (χ1n) is 4.37. The molecule has 2 aromatic rings. The Bertz CT molecular complexity index is 515. The van der Waals surface area contributed by atoms with E-state index in [1.165, 1.54) is 11.3 Å². The monoisotopic (exact) mass is 240 g/mol. The highest BCUT2D eigenvalue weighted by atomic mass is 35.5. The lowest BCUT2D eigenvalue weighted by molar-refractivity contribution is 0.111. The van der Waals surface area contributed by atoms with Crippen molar-refractivity contribution in [3.63, 3.8) is 0 Å². The predicted octanol–water partition coefficient (Wildman–Crippen LogP) is 2.92. The molecule has 0 aliphatic heterocycles. The zero-order valence-corrected chi connectivity index (χ0v) is 9.89. The maximum absolute atomic E-state index is 11.0. The van der Waals surface area contributed by atoms with Crippen LogP contribution in [0.5, 0.6) is 0 Å². The maximum atomic E-state index is 11.0. The van der Waals surface area contributed by atoms with E-state index >= 15 is 0 Å². The van der Waals surface area contributed by atoms with Crippen molar-refractivity contribution >= 4 is 29.2 Å². The Morgan fingerprint density at radius 3 is 2.80 bits per heavy atom. The molecule has 0 aliphatic carbocycles. The summed E-state index contributed by atoms with van der Waals surface area (Å²) in [6, 6.07) is 3.68. The second-order valence-corrected chi connectivity index (χ2v) is 4.89. The summed E-state index contributed by atoms with van der Waals surface area (Å²) < 4.78 is 2.47. The van der Waals surface area contributed by atoms with Gasteiger partial charge in [0.2, 0.25) is 0 Å². The van der Waals surface area contributed by atoms with Crippen molar-refractivity contribution in [2.24, 2.45) is 7.05 Å². The Morgan fingerprint density at radius 1 is 1.53 bits per heavy atom. The Balaban J connectivity index is 2.62. The molecule has 0 fully saturated rings. The van der Waals surface area contributed by atoms with E-state index in [0.717, 1.165) is 17.0 Å². The standard InChI is InChI=1S/C10H9ClN2OS/c1-6-12-10(7(5-14)13(6)2)8-3-4-9(11)15-8/h3-5H,1-2H3. The van der Waals surface area contributed by atoms with E-state index in [1.54, 1.807) is 10.6 Å². The fourth-order valence-corrected chi connectivity index (χ4v) is 2.43. The number of nitrogens with zero attached hydrogens (tertiary/aromatic N) is 2. The molecule has 15 heavy (non-hydrogen) atoms. The molecule has 2 rings (SSSR count). The Labute approximate surface area is 96.3 Å². The molecule has 0 spiro atoms. The van der Waals surface area contributed by atoms with Crippen LogP contribution < -0.4 is 0 Å². The molecule has 0 saturated heterocycles. The van der Waals surface area contributed by atoms with Gasteiger partial charge in [-0.15, -0.1) is 11.3 Å². The highest BCUT2D eigenvalue weighted by Crippen LogP contribution is 2.32. The van der Waals surface area contributed by atoms with Crippen LogP contribution in [0, 0.1) is 6.92 Å². The van der Waals surface area contributed by atoms with Gasteiger partial charge in [0.25, 0.3) is 0 Å². The highest BCUT2D eigenvalue weighted by molar-refractivity contribution is 7.19. The van der Waals surface area contributed by atoms with Crippen LogP contribution in [-0.2, 0) is 7.05 Å². The third kappa shape index (κ3) is 1.70. The molecule has 0 atom stereocenters. The van der Waals surface area contributed by atoms with Crippen LogP contribution in [0.3, 0.4) is 0 Å². The normalized spacial score (nSPS) is 10.6. The van der Waals surface area contributed by atoms with E-state index in [1.807, 2.05) is 20.0 Å². The van der Waals surface area contributed by atoms with Gasteiger partial charge in [-0.1, -0.05) is 11.6 Å². The number of aromatic nitrogens is 2. The lowest BCUT2D eigenvalue weighted by Crippen LogP contribution is -1.96. The smallest absolute Gasteiger partial charge is 0.168 e. The fraction of sp³-hybridized carbons (Fsp3) is 0.200. The van der Waals surface area contributed by atoms with Crippen LogP contribution in [0.2, 0.25) is 4.34 Å². The molecule has 0 aromatic carbocycles. The van der Waals surface area contributed by atoms with E-state index in [0.29, 0.717) is 15.7 Å². The Morgan fingerprint density at radius 2 is 2.27 bits per heavy atom. The minimum absolute atomic E-state index is 0.589. The molecule has 2 aromatic heterocycles. The molecule has 0 saturated carbocycles. The summed E-state index contributed by atoms with van der Waals surface area (Å²) in [5.74, 6) is 0.816. The van der Waals surface area contributed by atoms with Crippen molar-refractivity contribution in [3.05, 3.63) is 28.0 Å². The predicted molar refractivity (Wildman–Crippen MR) is 61.7 cm³/mol. The number of aldehydes is 1. The maximum Gasteiger partial charge on any atom is 0.168 e. The summed E-state index contributed by atoms with van der Waals surface area (Å²) in [6.07, 6.45) is 0.822. The van der Waals surface area contributed by atoms with Crippen molar-refractivity contribution in [2.75, 3.05) is 0 Å². The van der Waals surface area contributed by atoms with Gasteiger partial charge in [-0.05, 0) is 19.1 Å². The Hall–Kier alpha value is -1.13. The second-order valence-electron chi connectivity index (χ2n) is 3.17. The van der Waals surface area contributed by atoms with Gasteiger partial charge >= 0.3 is 0 Å². The van der Waals surface area contributed by atoms with E-state index in [4.69, 9.17) is 11.6 Å². The van der Waals surface area contributed by atoms with Crippen LogP contribution in [-0.4, -0.2) is 15.8 Å². The van der Waals surface area contributed by atoms with E-state index < -0.39 is 0 Å². The molecule has 0 radical (unpaired) electrons. The molecule has 0 unspecified atom stereocenters. The lowest BCUT2D eigenvalue weighted by Gasteiger charge is -1.96. The molecule has 0 amide bonds. The number of thiophene rings is 1. The third-order valence-electron chi connectivity index (χ3n) is 2.28. The number of imidazole rings is 1. The molecule has 0 bridgehead atoms. The van der Waals surface area contributed by atoms with Gasteiger partial charge in [0.1, 0.15) is 17.2 Å². The summed E-state index contributed by atoms with van der Waals surface area (Å²) >= 11 is 7.27. The summed E-state index contributed by atoms with van der Waals surface area (Å²) in [6.45, 7) is 1.87. The number of carbonyl (C=O) groups is 1. The number of hydrogen-bond acceptors (Lipinski definition) is 3. The van der Waals surface area contributed by atoms with Gasteiger partial charge < -0.3 is 4.57 Å². The molecule has 5 heteroatoms. The number of aryl methyl sites for hydroxylation is 1. The number of rotatable bonds is 2.